The molecule has 0 aliphatic heterocycles. The van der Waals surface area contributed by atoms with Crippen LogP contribution in [0, 0.1) is 5.92 Å². The standard InChI is InChI=1S/C23H25N3O3/c24-14-17-5-3-6-19(17)26-22(27)12-15-8-10-18(11-9-15)25-23(28)21-13-16-4-1-2-7-20(16)29-21/h1-2,4,7-11,13,17,19H,3,5-6,12,14,24H2,(H,25,28)(H,26,27). The lowest BCUT2D eigenvalue weighted by Gasteiger charge is -2.19. The summed E-state index contributed by atoms with van der Waals surface area (Å²) in [5.41, 5.74) is 8.01. The predicted molar refractivity (Wildman–Crippen MR) is 113 cm³/mol. The van der Waals surface area contributed by atoms with Crippen LogP contribution in [0.1, 0.15) is 35.4 Å². The summed E-state index contributed by atoms with van der Waals surface area (Å²) >= 11 is 0. The number of amides is 2. The molecule has 1 saturated carbocycles. The van der Waals surface area contributed by atoms with Crippen molar-refractivity contribution in [1.82, 2.24) is 5.32 Å². The van der Waals surface area contributed by atoms with E-state index >= 15 is 0 Å². The lowest BCUT2D eigenvalue weighted by Crippen LogP contribution is -2.40. The Bertz CT molecular complexity index is 977. The number of anilines is 1. The van der Waals surface area contributed by atoms with Crippen LogP contribution in [-0.4, -0.2) is 24.4 Å². The van der Waals surface area contributed by atoms with Crippen molar-refractivity contribution >= 4 is 28.5 Å². The highest BCUT2D eigenvalue weighted by molar-refractivity contribution is 6.04. The highest BCUT2D eigenvalue weighted by Crippen LogP contribution is 2.25. The number of carbonyl (C=O) groups is 2. The van der Waals surface area contributed by atoms with Crippen molar-refractivity contribution in [2.75, 3.05) is 11.9 Å². The lowest BCUT2D eigenvalue weighted by molar-refractivity contribution is -0.121. The van der Waals surface area contributed by atoms with Crippen molar-refractivity contribution < 1.29 is 14.0 Å². The second-order valence-corrected chi connectivity index (χ2v) is 7.58. The molecule has 1 aliphatic rings. The van der Waals surface area contributed by atoms with E-state index in [-0.39, 0.29) is 23.6 Å². The SMILES string of the molecule is NCC1CCCC1NC(=O)Cc1ccc(NC(=O)c2cc3ccccc3o2)cc1. The van der Waals surface area contributed by atoms with Gasteiger partial charge in [-0.15, -0.1) is 0 Å². The number of nitrogens with two attached hydrogens (primary N) is 1. The maximum atomic E-state index is 12.4. The maximum absolute atomic E-state index is 12.4. The van der Waals surface area contributed by atoms with Gasteiger partial charge in [-0.25, -0.2) is 0 Å². The summed E-state index contributed by atoms with van der Waals surface area (Å²) in [5.74, 6) is 0.352. The van der Waals surface area contributed by atoms with Crippen LogP contribution < -0.4 is 16.4 Å². The Balaban J connectivity index is 1.33. The first-order valence-corrected chi connectivity index (χ1v) is 10.0. The number of hydrogen-bond donors (Lipinski definition) is 3. The second kappa shape index (κ2) is 8.49. The summed E-state index contributed by atoms with van der Waals surface area (Å²) in [5, 5.41) is 6.82. The summed E-state index contributed by atoms with van der Waals surface area (Å²) in [6.45, 7) is 0.616. The molecular formula is C23H25N3O3. The number of fused-ring (bicyclic) bond motifs is 1. The van der Waals surface area contributed by atoms with E-state index < -0.39 is 0 Å². The zero-order valence-electron chi connectivity index (χ0n) is 16.2. The van der Waals surface area contributed by atoms with Gasteiger partial charge in [-0.3, -0.25) is 9.59 Å². The summed E-state index contributed by atoms with van der Waals surface area (Å²) < 4.78 is 5.59. The molecule has 1 fully saturated rings. The van der Waals surface area contributed by atoms with E-state index in [1.165, 1.54) is 0 Å². The van der Waals surface area contributed by atoms with Crippen molar-refractivity contribution in [2.45, 2.75) is 31.7 Å². The van der Waals surface area contributed by atoms with Gasteiger partial charge in [-0.2, -0.15) is 0 Å². The molecule has 1 aromatic heterocycles. The van der Waals surface area contributed by atoms with Crippen molar-refractivity contribution in [1.29, 1.82) is 0 Å². The van der Waals surface area contributed by atoms with Crippen LogP contribution in [0.4, 0.5) is 5.69 Å². The molecule has 1 heterocycles. The number of hydrogen-bond acceptors (Lipinski definition) is 4. The average molecular weight is 391 g/mol. The van der Waals surface area contributed by atoms with Gasteiger partial charge in [0.1, 0.15) is 5.58 Å². The van der Waals surface area contributed by atoms with Gasteiger partial charge in [0.25, 0.3) is 5.91 Å². The third kappa shape index (κ3) is 4.49. The fourth-order valence-corrected chi connectivity index (χ4v) is 3.94. The Kier molecular flexibility index (Phi) is 5.62. The third-order valence-electron chi connectivity index (χ3n) is 5.53. The molecule has 4 N–H and O–H groups in total. The Morgan fingerprint density at radius 1 is 1.07 bits per heavy atom. The Morgan fingerprint density at radius 2 is 1.86 bits per heavy atom. The molecule has 1 aliphatic carbocycles. The quantitative estimate of drug-likeness (QED) is 0.599. The van der Waals surface area contributed by atoms with Crippen molar-refractivity contribution in [3.05, 3.63) is 65.9 Å². The molecule has 3 aromatic rings. The van der Waals surface area contributed by atoms with Gasteiger partial charge >= 0.3 is 0 Å². The van der Waals surface area contributed by atoms with Gasteiger partial charge in [0.15, 0.2) is 5.76 Å². The normalized spacial score (nSPS) is 18.7. The van der Waals surface area contributed by atoms with Crippen molar-refractivity contribution in [3.8, 4) is 0 Å². The lowest BCUT2D eigenvalue weighted by atomic mass is 10.0. The topological polar surface area (TPSA) is 97.4 Å². The summed E-state index contributed by atoms with van der Waals surface area (Å²) in [7, 11) is 0. The number of para-hydroxylation sites is 1. The van der Waals surface area contributed by atoms with E-state index in [1.54, 1.807) is 18.2 Å². The van der Waals surface area contributed by atoms with E-state index in [9.17, 15) is 9.59 Å². The van der Waals surface area contributed by atoms with Crippen molar-refractivity contribution in [3.63, 3.8) is 0 Å². The Hall–Kier alpha value is -3.12. The van der Waals surface area contributed by atoms with E-state index in [0.717, 1.165) is 30.2 Å². The largest absolute Gasteiger partial charge is 0.451 e. The van der Waals surface area contributed by atoms with Crippen LogP contribution >= 0.6 is 0 Å². The Morgan fingerprint density at radius 3 is 2.62 bits per heavy atom. The molecule has 0 saturated heterocycles. The number of nitrogens with one attached hydrogen (secondary N) is 2. The molecule has 2 aromatic carbocycles. The number of rotatable bonds is 6. The summed E-state index contributed by atoms with van der Waals surface area (Å²) in [6.07, 6.45) is 3.51. The fraction of sp³-hybridized carbons (Fsp3) is 0.304. The predicted octanol–water partition coefficient (Wildman–Crippen LogP) is 3.47. The van der Waals surface area contributed by atoms with E-state index in [4.69, 9.17) is 10.2 Å². The minimum Gasteiger partial charge on any atom is -0.451 e. The molecule has 2 atom stereocenters. The van der Waals surface area contributed by atoms with Gasteiger partial charge in [0, 0.05) is 17.1 Å². The van der Waals surface area contributed by atoms with Crippen LogP contribution in [0.15, 0.2) is 59.0 Å². The molecule has 2 unspecified atom stereocenters. The van der Waals surface area contributed by atoms with E-state index in [2.05, 4.69) is 10.6 Å². The molecule has 150 valence electrons. The molecular weight excluding hydrogens is 366 g/mol. The molecule has 2 amide bonds. The Labute approximate surface area is 169 Å². The molecule has 6 nitrogen and oxygen atoms in total. The van der Waals surface area contributed by atoms with Crippen molar-refractivity contribution in [2.24, 2.45) is 11.7 Å². The number of carbonyl (C=O) groups excluding carboxylic acids is 2. The zero-order valence-corrected chi connectivity index (χ0v) is 16.2. The number of benzene rings is 2. The van der Waals surface area contributed by atoms with Gasteiger partial charge in [0.05, 0.1) is 6.42 Å². The van der Waals surface area contributed by atoms with E-state index in [1.807, 2.05) is 36.4 Å². The molecule has 29 heavy (non-hydrogen) atoms. The third-order valence-corrected chi connectivity index (χ3v) is 5.53. The molecule has 0 bridgehead atoms. The van der Waals surface area contributed by atoms with Gasteiger partial charge in [0.2, 0.25) is 5.91 Å². The summed E-state index contributed by atoms with van der Waals surface area (Å²) in [6, 6.07) is 16.7. The average Bonchev–Trinajstić information content (AvgIpc) is 3.35. The molecule has 6 heteroatoms. The van der Waals surface area contributed by atoms with Crippen LogP contribution in [0.5, 0.6) is 0 Å². The highest BCUT2D eigenvalue weighted by atomic mass is 16.3. The van der Waals surface area contributed by atoms with Crippen LogP contribution in [0.25, 0.3) is 11.0 Å². The second-order valence-electron chi connectivity index (χ2n) is 7.58. The highest BCUT2D eigenvalue weighted by Gasteiger charge is 2.27. The first-order chi connectivity index (χ1) is 14.1. The van der Waals surface area contributed by atoms with Gasteiger partial charge in [-0.05, 0) is 55.1 Å². The first kappa shape index (κ1) is 19.2. The number of furan rings is 1. The smallest absolute Gasteiger partial charge is 0.291 e. The minimum absolute atomic E-state index is 0.00871. The van der Waals surface area contributed by atoms with Crippen LogP contribution in [-0.2, 0) is 11.2 Å². The summed E-state index contributed by atoms with van der Waals surface area (Å²) in [4.78, 5) is 24.7. The molecule has 0 radical (unpaired) electrons. The maximum Gasteiger partial charge on any atom is 0.291 e. The molecule has 4 rings (SSSR count). The van der Waals surface area contributed by atoms with Gasteiger partial charge < -0.3 is 20.8 Å². The minimum atomic E-state index is -0.305. The first-order valence-electron chi connectivity index (χ1n) is 10.0. The van der Waals surface area contributed by atoms with Crippen LogP contribution in [0.3, 0.4) is 0 Å². The molecule has 0 spiro atoms. The zero-order chi connectivity index (χ0) is 20.2. The van der Waals surface area contributed by atoms with E-state index in [0.29, 0.717) is 30.2 Å². The van der Waals surface area contributed by atoms with Gasteiger partial charge in [-0.1, -0.05) is 36.8 Å². The monoisotopic (exact) mass is 391 g/mol. The fourth-order valence-electron chi connectivity index (χ4n) is 3.94. The van der Waals surface area contributed by atoms with Crippen LogP contribution in [0.2, 0.25) is 0 Å².